The second-order valence-corrected chi connectivity index (χ2v) is 6.00. The average molecular weight is 328 g/mol. The number of aryl methyl sites for hydroxylation is 2. The summed E-state index contributed by atoms with van der Waals surface area (Å²) in [4.78, 5) is 6.48. The highest BCUT2D eigenvalue weighted by molar-refractivity contribution is 5.89. The number of anilines is 1. The molecule has 0 aromatic carbocycles. The number of β-amino-alcohol motifs (C(OH)–C–C–N with tert-alkyl or cyclic N) is 1. The van der Waals surface area contributed by atoms with E-state index in [2.05, 4.69) is 20.1 Å². The van der Waals surface area contributed by atoms with Crippen LogP contribution in [0.1, 0.15) is 6.92 Å². The number of hydrogen-bond acceptors (Lipinski definition) is 6. The van der Waals surface area contributed by atoms with Crippen LogP contribution < -0.4 is 9.64 Å². The molecule has 0 saturated carbocycles. The van der Waals surface area contributed by atoms with Crippen molar-refractivity contribution < 1.29 is 9.84 Å². The molecule has 126 valence electrons. The zero-order chi connectivity index (χ0) is 16.7. The monoisotopic (exact) mass is 328 g/mol. The van der Waals surface area contributed by atoms with Gasteiger partial charge in [-0.3, -0.25) is 9.36 Å². The van der Waals surface area contributed by atoms with Crippen molar-refractivity contribution in [3.8, 4) is 5.75 Å². The summed E-state index contributed by atoms with van der Waals surface area (Å²) in [5, 5.41) is 19.8. The first-order valence-electron chi connectivity index (χ1n) is 8.04. The number of fused-ring (bicyclic) bond motifs is 1. The Morgan fingerprint density at radius 2 is 2.17 bits per heavy atom. The third-order valence-corrected chi connectivity index (χ3v) is 4.41. The van der Waals surface area contributed by atoms with Gasteiger partial charge in [-0.2, -0.15) is 10.2 Å². The van der Waals surface area contributed by atoms with E-state index in [1.165, 1.54) is 0 Å². The molecular weight excluding hydrogens is 308 g/mol. The van der Waals surface area contributed by atoms with Crippen LogP contribution in [0.15, 0.2) is 30.9 Å². The largest absolute Gasteiger partial charge is 0.482 e. The topological polar surface area (TPSA) is 81.2 Å². The number of aromatic nitrogens is 5. The molecule has 3 aromatic rings. The van der Waals surface area contributed by atoms with Crippen molar-refractivity contribution in [1.29, 1.82) is 0 Å². The molecule has 1 aliphatic heterocycles. The van der Waals surface area contributed by atoms with Gasteiger partial charge in [0.25, 0.3) is 0 Å². The second-order valence-electron chi connectivity index (χ2n) is 6.00. The number of ether oxygens (including phenoxy) is 1. The van der Waals surface area contributed by atoms with Gasteiger partial charge in [-0.15, -0.1) is 0 Å². The van der Waals surface area contributed by atoms with Crippen LogP contribution in [-0.2, 0) is 13.6 Å². The number of aliphatic hydroxyl groups is 1. The van der Waals surface area contributed by atoms with Crippen LogP contribution in [0.4, 0.5) is 5.69 Å². The first-order valence-corrected chi connectivity index (χ1v) is 8.04. The molecule has 1 saturated heterocycles. The summed E-state index contributed by atoms with van der Waals surface area (Å²) in [6, 6.07) is 1.95. The second kappa shape index (κ2) is 5.79. The number of aliphatic hydroxyl groups excluding tert-OH is 1. The van der Waals surface area contributed by atoms with Crippen molar-refractivity contribution in [3.63, 3.8) is 0 Å². The van der Waals surface area contributed by atoms with E-state index >= 15 is 0 Å². The summed E-state index contributed by atoms with van der Waals surface area (Å²) < 4.78 is 9.48. The van der Waals surface area contributed by atoms with E-state index in [-0.39, 0.29) is 6.10 Å². The van der Waals surface area contributed by atoms with Gasteiger partial charge in [-0.05, 0) is 13.0 Å². The van der Waals surface area contributed by atoms with E-state index in [0.717, 1.165) is 23.3 Å². The van der Waals surface area contributed by atoms with Crippen LogP contribution in [0, 0.1) is 0 Å². The van der Waals surface area contributed by atoms with Crippen LogP contribution >= 0.6 is 0 Å². The number of pyridine rings is 1. The molecule has 1 N–H and O–H groups in total. The van der Waals surface area contributed by atoms with Gasteiger partial charge in [0, 0.05) is 26.3 Å². The minimum absolute atomic E-state index is 0.292. The van der Waals surface area contributed by atoms with Gasteiger partial charge in [0.15, 0.2) is 11.4 Å². The highest BCUT2D eigenvalue weighted by atomic mass is 16.5. The molecule has 2 atom stereocenters. The Kier molecular flexibility index (Phi) is 3.61. The molecule has 24 heavy (non-hydrogen) atoms. The molecule has 3 aromatic heterocycles. The Morgan fingerprint density at radius 1 is 1.29 bits per heavy atom. The van der Waals surface area contributed by atoms with Gasteiger partial charge in [0.05, 0.1) is 36.2 Å². The van der Waals surface area contributed by atoms with Gasteiger partial charge in [0.2, 0.25) is 0 Å². The third-order valence-electron chi connectivity index (χ3n) is 4.41. The Labute approximate surface area is 139 Å². The maximum Gasteiger partial charge on any atom is 0.159 e. The highest BCUT2D eigenvalue weighted by Crippen LogP contribution is 2.29. The van der Waals surface area contributed by atoms with E-state index in [1.807, 2.05) is 32.4 Å². The first-order chi connectivity index (χ1) is 11.7. The summed E-state index contributed by atoms with van der Waals surface area (Å²) in [6.45, 7) is 3.93. The summed E-state index contributed by atoms with van der Waals surface area (Å²) in [7, 11) is 1.87. The molecule has 0 spiro atoms. The lowest BCUT2D eigenvalue weighted by atomic mass is 10.2. The van der Waals surface area contributed by atoms with Crippen LogP contribution in [0.3, 0.4) is 0 Å². The van der Waals surface area contributed by atoms with E-state index < -0.39 is 6.10 Å². The maximum absolute atomic E-state index is 10.4. The lowest BCUT2D eigenvalue weighted by molar-refractivity contribution is 0.0737. The molecule has 0 unspecified atom stereocenters. The Hall–Kier alpha value is -2.61. The molecule has 1 fully saturated rings. The summed E-state index contributed by atoms with van der Waals surface area (Å²) in [6.07, 6.45) is 6.26. The smallest absolute Gasteiger partial charge is 0.159 e. The zero-order valence-corrected chi connectivity index (χ0v) is 13.7. The molecule has 0 bridgehead atoms. The van der Waals surface area contributed by atoms with Crippen LogP contribution in [0.2, 0.25) is 0 Å². The van der Waals surface area contributed by atoms with Crippen molar-refractivity contribution in [3.05, 3.63) is 30.9 Å². The van der Waals surface area contributed by atoms with E-state index in [9.17, 15) is 5.11 Å². The van der Waals surface area contributed by atoms with E-state index in [1.54, 1.807) is 21.8 Å². The predicted molar refractivity (Wildman–Crippen MR) is 89.0 cm³/mol. The molecule has 8 heteroatoms. The lowest BCUT2D eigenvalue weighted by Gasteiger charge is -2.18. The minimum Gasteiger partial charge on any atom is -0.482 e. The summed E-state index contributed by atoms with van der Waals surface area (Å²) in [5.74, 6) is 0.684. The Bertz CT molecular complexity index is 857. The quantitative estimate of drug-likeness (QED) is 0.763. The van der Waals surface area contributed by atoms with Crippen molar-refractivity contribution in [2.24, 2.45) is 7.05 Å². The van der Waals surface area contributed by atoms with Gasteiger partial charge in [-0.1, -0.05) is 0 Å². The highest BCUT2D eigenvalue weighted by Gasteiger charge is 2.34. The standard InChI is InChI=1S/C16H20N6O2/c1-3-22-8-11(6-19-22)24-15-10-21(9-14(15)23)13-4-5-17-16-12(13)7-18-20(16)2/h4-8,14-15,23H,3,9-10H2,1-2H3/t14-,15-/m1/s1. The number of rotatable bonds is 4. The number of hydrogen-bond donors (Lipinski definition) is 1. The molecule has 0 aliphatic carbocycles. The molecule has 8 nitrogen and oxygen atoms in total. The fraction of sp³-hybridized carbons (Fsp3) is 0.438. The molecule has 1 aliphatic rings. The van der Waals surface area contributed by atoms with Crippen molar-refractivity contribution in [2.45, 2.75) is 25.7 Å². The lowest BCUT2D eigenvalue weighted by Crippen LogP contribution is -2.29. The molecule has 4 rings (SSSR count). The molecule has 0 amide bonds. The molecular formula is C16H20N6O2. The number of nitrogens with zero attached hydrogens (tertiary/aromatic N) is 6. The molecule has 0 radical (unpaired) electrons. The predicted octanol–water partition coefficient (Wildman–Crippen LogP) is 0.813. The fourth-order valence-electron chi connectivity index (χ4n) is 3.13. The van der Waals surface area contributed by atoms with Crippen LogP contribution in [0.5, 0.6) is 5.75 Å². The Morgan fingerprint density at radius 3 is 2.96 bits per heavy atom. The third kappa shape index (κ3) is 2.48. The summed E-state index contributed by atoms with van der Waals surface area (Å²) >= 11 is 0. The minimum atomic E-state index is -0.560. The maximum atomic E-state index is 10.4. The van der Waals surface area contributed by atoms with Gasteiger partial charge < -0.3 is 14.7 Å². The fourth-order valence-corrected chi connectivity index (χ4v) is 3.13. The molecule has 4 heterocycles. The normalized spacial score (nSPS) is 20.9. The van der Waals surface area contributed by atoms with Crippen LogP contribution in [0.25, 0.3) is 11.0 Å². The van der Waals surface area contributed by atoms with Gasteiger partial charge in [-0.25, -0.2) is 4.98 Å². The van der Waals surface area contributed by atoms with Crippen molar-refractivity contribution >= 4 is 16.7 Å². The van der Waals surface area contributed by atoms with Crippen molar-refractivity contribution in [2.75, 3.05) is 18.0 Å². The van der Waals surface area contributed by atoms with Gasteiger partial charge >= 0.3 is 0 Å². The Balaban J connectivity index is 1.55. The van der Waals surface area contributed by atoms with Crippen LogP contribution in [-0.4, -0.2) is 54.9 Å². The van der Waals surface area contributed by atoms with E-state index in [0.29, 0.717) is 18.8 Å². The van der Waals surface area contributed by atoms with E-state index in [4.69, 9.17) is 4.74 Å². The zero-order valence-electron chi connectivity index (χ0n) is 13.7. The van der Waals surface area contributed by atoms with Crippen molar-refractivity contribution in [1.82, 2.24) is 24.5 Å². The SMILES string of the molecule is CCn1cc(O[C@@H]2CN(c3ccnc4c3cnn4C)C[C@H]2O)cn1. The average Bonchev–Trinajstić information content (AvgIpc) is 3.28. The first kappa shape index (κ1) is 14.9. The summed E-state index contributed by atoms with van der Waals surface area (Å²) in [5.41, 5.74) is 1.85. The van der Waals surface area contributed by atoms with Gasteiger partial charge in [0.1, 0.15) is 12.2 Å².